The van der Waals surface area contributed by atoms with Crippen LogP contribution < -0.4 is 14.8 Å². The molecular weight excluding hydrogens is 272 g/mol. The first kappa shape index (κ1) is 14.6. The molecule has 6 nitrogen and oxygen atoms in total. The van der Waals surface area contributed by atoms with Gasteiger partial charge in [-0.2, -0.15) is 0 Å². The van der Waals surface area contributed by atoms with Gasteiger partial charge in [-0.05, 0) is 17.7 Å². The van der Waals surface area contributed by atoms with Gasteiger partial charge in [-0.1, -0.05) is 12.1 Å². The smallest absolute Gasteiger partial charge is 0.269 e. The summed E-state index contributed by atoms with van der Waals surface area (Å²) in [5.41, 5.74) is 1.92. The first-order valence-electron chi connectivity index (χ1n) is 6.33. The van der Waals surface area contributed by atoms with Crippen molar-refractivity contribution < 1.29 is 14.4 Å². The summed E-state index contributed by atoms with van der Waals surface area (Å²) in [7, 11) is 3.17. The van der Waals surface area contributed by atoms with E-state index < -0.39 is 4.92 Å². The Kier molecular flexibility index (Phi) is 4.61. The maximum atomic E-state index is 10.6. The quantitative estimate of drug-likeness (QED) is 0.652. The molecule has 0 aliphatic rings. The second kappa shape index (κ2) is 6.60. The van der Waals surface area contributed by atoms with Crippen LogP contribution in [0.5, 0.6) is 11.5 Å². The third-order valence-corrected chi connectivity index (χ3v) is 3.03. The van der Waals surface area contributed by atoms with Crippen LogP contribution in [-0.2, 0) is 6.54 Å². The van der Waals surface area contributed by atoms with Gasteiger partial charge in [-0.25, -0.2) is 0 Å². The van der Waals surface area contributed by atoms with Crippen molar-refractivity contribution in [1.29, 1.82) is 0 Å². The topological polar surface area (TPSA) is 73.6 Å². The summed E-state index contributed by atoms with van der Waals surface area (Å²) >= 11 is 0. The number of nitro groups is 1. The number of rotatable bonds is 6. The summed E-state index contributed by atoms with van der Waals surface area (Å²) in [6, 6.07) is 12.0. The number of ether oxygens (including phenoxy) is 2. The van der Waals surface area contributed by atoms with Crippen LogP contribution in [0.3, 0.4) is 0 Å². The molecule has 0 amide bonds. The molecule has 2 aromatic rings. The Labute approximate surface area is 122 Å². The molecule has 0 atom stereocenters. The fraction of sp³-hybridized carbons (Fsp3) is 0.200. The highest BCUT2D eigenvalue weighted by Gasteiger charge is 2.06. The van der Waals surface area contributed by atoms with Gasteiger partial charge in [0.2, 0.25) is 0 Å². The molecule has 0 bridgehead atoms. The predicted molar refractivity (Wildman–Crippen MR) is 80.0 cm³/mol. The summed E-state index contributed by atoms with van der Waals surface area (Å²) < 4.78 is 10.4. The van der Waals surface area contributed by atoms with Crippen LogP contribution in [0.4, 0.5) is 11.4 Å². The number of anilines is 1. The van der Waals surface area contributed by atoms with Gasteiger partial charge >= 0.3 is 0 Å². The molecule has 2 rings (SSSR count). The van der Waals surface area contributed by atoms with Gasteiger partial charge in [-0.3, -0.25) is 10.1 Å². The average molecular weight is 288 g/mol. The molecule has 0 spiro atoms. The van der Waals surface area contributed by atoms with E-state index in [1.54, 1.807) is 26.4 Å². The molecule has 0 aliphatic carbocycles. The number of methoxy groups -OCH3 is 2. The first-order valence-corrected chi connectivity index (χ1v) is 6.33. The Morgan fingerprint density at radius 2 is 1.71 bits per heavy atom. The molecule has 0 heterocycles. The highest BCUT2D eigenvalue weighted by molar-refractivity contribution is 5.55. The first-order chi connectivity index (χ1) is 10.1. The zero-order valence-electron chi connectivity index (χ0n) is 11.8. The van der Waals surface area contributed by atoms with Gasteiger partial charge < -0.3 is 14.8 Å². The minimum atomic E-state index is -0.411. The van der Waals surface area contributed by atoms with Crippen LogP contribution in [0, 0.1) is 10.1 Å². The van der Waals surface area contributed by atoms with Gasteiger partial charge in [0.25, 0.3) is 5.69 Å². The summed E-state index contributed by atoms with van der Waals surface area (Å²) in [6.07, 6.45) is 0. The Hall–Kier alpha value is -2.76. The second-order valence-corrected chi connectivity index (χ2v) is 4.35. The molecule has 21 heavy (non-hydrogen) atoms. The van der Waals surface area contributed by atoms with Crippen LogP contribution in [0.1, 0.15) is 5.56 Å². The molecule has 1 N–H and O–H groups in total. The highest BCUT2D eigenvalue weighted by atomic mass is 16.6. The fourth-order valence-corrected chi connectivity index (χ4v) is 1.89. The number of hydrogen-bond donors (Lipinski definition) is 1. The lowest BCUT2D eigenvalue weighted by molar-refractivity contribution is -0.384. The zero-order valence-corrected chi connectivity index (χ0v) is 11.8. The van der Waals surface area contributed by atoms with E-state index in [0.717, 1.165) is 11.3 Å². The average Bonchev–Trinajstić information content (AvgIpc) is 2.52. The van der Waals surface area contributed by atoms with Gasteiger partial charge in [-0.15, -0.1) is 0 Å². The predicted octanol–water partition coefficient (Wildman–Crippen LogP) is 3.22. The van der Waals surface area contributed by atoms with E-state index in [2.05, 4.69) is 5.32 Å². The maximum Gasteiger partial charge on any atom is 0.269 e. The van der Waals surface area contributed by atoms with Crippen molar-refractivity contribution in [3.8, 4) is 11.5 Å². The van der Waals surface area contributed by atoms with Crippen LogP contribution in [0.2, 0.25) is 0 Å². The summed E-state index contributed by atoms with van der Waals surface area (Å²) in [6.45, 7) is 0.563. The van der Waals surface area contributed by atoms with Crippen molar-refractivity contribution in [3.63, 3.8) is 0 Å². The number of nitro benzene ring substituents is 1. The Morgan fingerprint density at radius 1 is 1.05 bits per heavy atom. The fourth-order valence-electron chi connectivity index (χ4n) is 1.89. The lowest BCUT2D eigenvalue weighted by atomic mass is 10.2. The SMILES string of the molecule is COc1ccc(NCc2ccc([N+](=O)[O-])cc2)cc1OC. The van der Waals surface area contributed by atoms with E-state index in [9.17, 15) is 10.1 Å². The van der Waals surface area contributed by atoms with E-state index in [1.807, 2.05) is 18.2 Å². The molecular formula is C15H16N2O4. The van der Waals surface area contributed by atoms with Gasteiger partial charge in [0.05, 0.1) is 19.1 Å². The number of nitrogens with zero attached hydrogens (tertiary/aromatic N) is 1. The lowest BCUT2D eigenvalue weighted by Crippen LogP contribution is -2.00. The minimum absolute atomic E-state index is 0.0878. The van der Waals surface area contributed by atoms with E-state index in [0.29, 0.717) is 18.0 Å². The van der Waals surface area contributed by atoms with E-state index in [-0.39, 0.29) is 5.69 Å². The number of hydrogen-bond acceptors (Lipinski definition) is 5. The molecule has 0 aromatic heterocycles. The van der Waals surface area contributed by atoms with Crippen molar-refractivity contribution in [2.45, 2.75) is 6.54 Å². The van der Waals surface area contributed by atoms with Crippen LogP contribution >= 0.6 is 0 Å². The molecule has 110 valence electrons. The van der Waals surface area contributed by atoms with Gasteiger partial charge in [0, 0.05) is 30.4 Å². The molecule has 0 aliphatic heterocycles. The van der Waals surface area contributed by atoms with Crippen LogP contribution in [-0.4, -0.2) is 19.1 Å². The Morgan fingerprint density at radius 3 is 2.29 bits per heavy atom. The second-order valence-electron chi connectivity index (χ2n) is 4.35. The highest BCUT2D eigenvalue weighted by Crippen LogP contribution is 2.29. The maximum absolute atomic E-state index is 10.6. The number of non-ortho nitro benzene ring substituents is 1. The monoisotopic (exact) mass is 288 g/mol. The zero-order chi connectivity index (χ0) is 15.2. The number of benzene rings is 2. The molecule has 0 radical (unpaired) electrons. The molecule has 0 unspecified atom stereocenters. The lowest BCUT2D eigenvalue weighted by Gasteiger charge is -2.11. The van der Waals surface area contributed by atoms with Crippen molar-refractivity contribution in [2.24, 2.45) is 0 Å². The molecule has 2 aromatic carbocycles. The van der Waals surface area contributed by atoms with E-state index >= 15 is 0 Å². The summed E-state index contributed by atoms with van der Waals surface area (Å²) in [5, 5.41) is 13.8. The Bertz CT molecular complexity index is 626. The van der Waals surface area contributed by atoms with Crippen molar-refractivity contribution >= 4 is 11.4 Å². The standard InChI is InChI=1S/C15H16N2O4/c1-20-14-8-5-12(9-15(14)21-2)16-10-11-3-6-13(7-4-11)17(18)19/h3-9,16H,10H2,1-2H3. The van der Waals surface area contributed by atoms with E-state index in [1.165, 1.54) is 12.1 Å². The molecule has 0 saturated heterocycles. The number of nitrogens with one attached hydrogen (secondary N) is 1. The van der Waals surface area contributed by atoms with Crippen LogP contribution in [0.15, 0.2) is 42.5 Å². The van der Waals surface area contributed by atoms with Crippen molar-refractivity contribution in [3.05, 3.63) is 58.1 Å². The molecule has 0 fully saturated rings. The van der Waals surface area contributed by atoms with Gasteiger partial charge in [0.15, 0.2) is 11.5 Å². The third-order valence-electron chi connectivity index (χ3n) is 3.03. The minimum Gasteiger partial charge on any atom is -0.493 e. The van der Waals surface area contributed by atoms with Crippen LogP contribution in [0.25, 0.3) is 0 Å². The van der Waals surface area contributed by atoms with Crippen molar-refractivity contribution in [2.75, 3.05) is 19.5 Å². The van der Waals surface area contributed by atoms with Crippen molar-refractivity contribution in [1.82, 2.24) is 0 Å². The van der Waals surface area contributed by atoms with Gasteiger partial charge in [0.1, 0.15) is 0 Å². The third kappa shape index (κ3) is 3.62. The largest absolute Gasteiger partial charge is 0.493 e. The summed E-state index contributed by atoms with van der Waals surface area (Å²) in [5.74, 6) is 1.31. The van der Waals surface area contributed by atoms with E-state index in [4.69, 9.17) is 9.47 Å². The Balaban J connectivity index is 2.04. The summed E-state index contributed by atoms with van der Waals surface area (Å²) in [4.78, 5) is 10.2. The molecule has 0 saturated carbocycles. The normalized spacial score (nSPS) is 10.0. The molecule has 6 heteroatoms.